The van der Waals surface area contributed by atoms with Gasteiger partial charge in [-0.1, -0.05) is 51.6 Å². The Morgan fingerprint density at radius 2 is 1.16 bits per heavy atom. The van der Waals surface area contributed by atoms with Gasteiger partial charge in [-0.2, -0.15) is 0 Å². The van der Waals surface area contributed by atoms with Crippen molar-refractivity contribution in [1.29, 1.82) is 0 Å². The minimum Gasteiger partial charge on any atom is -0.376 e. The average molecular weight is 280 g/mol. The molecule has 0 saturated carbocycles. The summed E-state index contributed by atoms with van der Waals surface area (Å²) in [5.74, 6) is 6.22. The first-order chi connectivity index (χ1) is 9.24. The van der Waals surface area contributed by atoms with Gasteiger partial charge >= 0.3 is 8.56 Å². The van der Waals surface area contributed by atoms with Crippen molar-refractivity contribution in [3.8, 4) is 22.9 Å². The van der Waals surface area contributed by atoms with E-state index in [1.54, 1.807) is 0 Å². The summed E-state index contributed by atoms with van der Waals surface area (Å²) in [6.07, 6.45) is 5.93. The molecule has 108 valence electrons. The largest absolute Gasteiger partial charge is 0.510 e. The van der Waals surface area contributed by atoms with Crippen LogP contribution in [0.1, 0.15) is 66.2 Å². The molecule has 0 aliphatic carbocycles. The zero-order chi connectivity index (χ0) is 14.4. The zero-order valence-corrected chi connectivity index (χ0v) is 14.0. The summed E-state index contributed by atoms with van der Waals surface area (Å²) in [6.45, 7) is 9.78. The summed E-state index contributed by atoms with van der Waals surface area (Å²) in [5.41, 5.74) is 6.41. The lowest BCUT2D eigenvalue weighted by Crippen LogP contribution is -2.41. The molecule has 19 heavy (non-hydrogen) atoms. The minimum absolute atomic E-state index is 0.700. The number of unbranched alkanes of at least 4 members (excludes halogenated alkanes) is 2. The molecule has 0 radical (unpaired) electrons. The van der Waals surface area contributed by atoms with Gasteiger partial charge in [0.25, 0.3) is 0 Å². The fraction of sp³-hybridized carbons (Fsp3) is 0.750. The molecule has 0 aromatic rings. The molecule has 0 N–H and O–H groups in total. The fourth-order valence-electron chi connectivity index (χ4n) is 1.35. The Balaban J connectivity index is 4.85. The smallest absolute Gasteiger partial charge is 0.376 e. The summed E-state index contributed by atoms with van der Waals surface area (Å²) in [4.78, 5) is 0. The van der Waals surface area contributed by atoms with Gasteiger partial charge in [0.1, 0.15) is 0 Å². The van der Waals surface area contributed by atoms with Crippen LogP contribution in [-0.4, -0.2) is 21.8 Å². The summed E-state index contributed by atoms with van der Waals surface area (Å²) in [5, 5.41) is 0. The zero-order valence-electron chi connectivity index (χ0n) is 13.0. The van der Waals surface area contributed by atoms with E-state index in [0.717, 1.165) is 38.5 Å². The van der Waals surface area contributed by atoms with Crippen molar-refractivity contribution >= 4 is 8.56 Å². The van der Waals surface area contributed by atoms with Gasteiger partial charge in [-0.3, -0.25) is 0 Å². The summed E-state index contributed by atoms with van der Waals surface area (Å²) in [7, 11) is -2.63. The number of hydrogen-bond acceptors (Lipinski definition) is 2. The van der Waals surface area contributed by atoms with Crippen LogP contribution in [0.15, 0.2) is 0 Å². The lowest BCUT2D eigenvalue weighted by molar-refractivity contribution is 0.188. The quantitative estimate of drug-likeness (QED) is 0.380. The highest BCUT2D eigenvalue weighted by Crippen LogP contribution is 2.09. The molecule has 0 amide bonds. The molecule has 0 unspecified atom stereocenters. The van der Waals surface area contributed by atoms with E-state index in [4.69, 9.17) is 8.85 Å². The van der Waals surface area contributed by atoms with Crippen LogP contribution in [0.5, 0.6) is 0 Å². The maximum atomic E-state index is 5.99. The molecule has 0 atom stereocenters. The van der Waals surface area contributed by atoms with Gasteiger partial charge in [0.05, 0.1) is 0 Å². The molecule has 0 aliphatic rings. The second-order valence-electron chi connectivity index (χ2n) is 4.33. The molecule has 0 heterocycles. The third-order valence-electron chi connectivity index (χ3n) is 2.47. The van der Waals surface area contributed by atoms with Crippen LogP contribution in [0.25, 0.3) is 0 Å². The van der Waals surface area contributed by atoms with Crippen LogP contribution in [0, 0.1) is 22.9 Å². The van der Waals surface area contributed by atoms with Gasteiger partial charge in [-0.15, -0.1) is 11.8 Å². The van der Waals surface area contributed by atoms with Gasteiger partial charge in [0.15, 0.2) is 0 Å². The van der Waals surface area contributed by atoms with Crippen LogP contribution >= 0.6 is 0 Å². The summed E-state index contributed by atoms with van der Waals surface area (Å²) in [6, 6.07) is 0. The topological polar surface area (TPSA) is 18.5 Å². The monoisotopic (exact) mass is 280 g/mol. The normalized spacial score (nSPS) is 10.3. The molecule has 0 rings (SSSR count). The summed E-state index contributed by atoms with van der Waals surface area (Å²) < 4.78 is 12.0. The van der Waals surface area contributed by atoms with E-state index < -0.39 is 8.56 Å². The second kappa shape index (κ2) is 12.3. The molecule has 0 spiro atoms. The predicted molar refractivity (Wildman–Crippen MR) is 83.6 cm³/mol. The molecular formula is C16H28O2Si. The highest BCUT2D eigenvalue weighted by Gasteiger charge is 2.35. The predicted octanol–water partition coefficient (Wildman–Crippen LogP) is 3.97. The van der Waals surface area contributed by atoms with Gasteiger partial charge in [-0.05, 0) is 12.8 Å². The third kappa shape index (κ3) is 8.89. The van der Waals surface area contributed by atoms with E-state index in [-0.39, 0.29) is 0 Å². The maximum Gasteiger partial charge on any atom is 0.510 e. The van der Waals surface area contributed by atoms with Gasteiger partial charge < -0.3 is 8.85 Å². The van der Waals surface area contributed by atoms with E-state index in [2.05, 4.69) is 36.8 Å². The molecule has 0 bridgehead atoms. The lowest BCUT2D eigenvalue weighted by Gasteiger charge is -2.20. The van der Waals surface area contributed by atoms with Crippen molar-refractivity contribution in [3.05, 3.63) is 0 Å². The van der Waals surface area contributed by atoms with Crippen molar-refractivity contribution < 1.29 is 8.85 Å². The Morgan fingerprint density at radius 3 is 1.47 bits per heavy atom. The first-order valence-corrected chi connectivity index (χ1v) is 9.34. The number of hydrogen-bond donors (Lipinski definition) is 0. The van der Waals surface area contributed by atoms with Crippen molar-refractivity contribution in [3.63, 3.8) is 0 Å². The van der Waals surface area contributed by atoms with Gasteiger partial charge in [-0.25, -0.2) is 0 Å². The van der Waals surface area contributed by atoms with Crippen LogP contribution in [0.2, 0.25) is 0 Å². The first-order valence-electron chi connectivity index (χ1n) is 7.52. The highest BCUT2D eigenvalue weighted by atomic mass is 28.4. The highest BCUT2D eigenvalue weighted by molar-refractivity contribution is 6.83. The van der Waals surface area contributed by atoms with E-state index in [1.807, 2.05) is 13.8 Å². The Labute approximate surface area is 120 Å². The molecule has 0 saturated heterocycles. The van der Waals surface area contributed by atoms with Crippen LogP contribution in [0.3, 0.4) is 0 Å². The second-order valence-corrected chi connectivity index (χ2v) is 6.64. The molecule has 0 aromatic carbocycles. The molecule has 2 nitrogen and oxygen atoms in total. The molecular weight excluding hydrogens is 252 g/mol. The van der Waals surface area contributed by atoms with Crippen molar-refractivity contribution in [2.45, 2.75) is 66.2 Å². The standard InChI is InChI=1S/C16H28O2Si/c1-5-9-13-17-19(15-11-7-3,16-12-8-4)18-14-10-6-2/h5-10,13-14H2,1-4H3. The SMILES string of the molecule is CCC#C[Si](C#CCC)(OCCCC)OCCCC. The van der Waals surface area contributed by atoms with Crippen molar-refractivity contribution in [1.82, 2.24) is 0 Å². The molecule has 0 fully saturated rings. The van der Waals surface area contributed by atoms with E-state index in [0.29, 0.717) is 13.2 Å². The Morgan fingerprint density at radius 1 is 0.737 bits per heavy atom. The molecule has 3 heteroatoms. The first kappa shape index (κ1) is 18.3. The molecule has 0 aromatic heterocycles. The Bertz CT molecular complexity index is 296. The van der Waals surface area contributed by atoms with Gasteiger partial charge in [0.2, 0.25) is 0 Å². The van der Waals surface area contributed by atoms with Crippen LogP contribution < -0.4 is 0 Å². The molecule has 0 aliphatic heterocycles. The van der Waals surface area contributed by atoms with Crippen molar-refractivity contribution in [2.24, 2.45) is 0 Å². The van der Waals surface area contributed by atoms with Crippen LogP contribution in [0.4, 0.5) is 0 Å². The lowest BCUT2D eigenvalue weighted by atomic mass is 10.4. The summed E-state index contributed by atoms with van der Waals surface area (Å²) >= 11 is 0. The fourth-order valence-corrected chi connectivity index (χ4v) is 3.46. The van der Waals surface area contributed by atoms with Crippen LogP contribution in [-0.2, 0) is 8.85 Å². The Hall–Kier alpha value is -0.743. The van der Waals surface area contributed by atoms with Crippen molar-refractivity contribution in [2.75, 3.05) is 13.2 Å². The van der Waals surface area contributed by atoms with E-state index in [1.165, 1.54) is 0 Å². The van der Waals surface area contributed by atoms with Gasteiger partial charge in [0, 0.05) is 26.1 Å². The minimum atomic E-state index is -2.63. The van der Waals surface area contributed by atoms with E-state index >= 15 is 0 Å². The Kier molecular flexibility index (Phi) is 11.8. The third-order valence-corrected chi connectivity index (χ3v) is 4.70. The number of rotatable bonds is 8. The average Bonchev–Trinajstić information content (AvgIpc) is 2.43. The maximum absolute atomic E-state index is 5.99. The van der Waals surface area contributed by atoms with E-state index in [9.17, 15) is 0 Å².